The van der Waals surface area contributed by atoms with Crippen molar-refractivity contribution in [2.75, 3.05) is 6.61 Å². The van der Waals surface area contributed by atoms with Gasteiger partial charge in [-0.2, -0.15) is 0 Å². The number of H-pyrrole nitrogens is 1. The summed E-state index contributed by atoms with van der Waals surface area (Å²) in [7, 11) is 0. The Morgan fingerprint density at radius 3 is 2.67 bits per heavy atom. The van der Waals surface area contributed by atoms with Crippen LogP contribution in [0.25, 0.3) is 10.9 Å². The molecule has 1 aromatic heterocycles. The minimum Gasteiger partial charge on any atom is -0.480 e. The molecule has 24 heavy (non-hydrogen) atoms. The lowest BCUT2D eigenvalue weighted by molar-refractivity contribution is -0.142. The molecule has 0 aliphatic carbocycles. The van der Waals surface area contributed by atoms with Crippen LogP contribution in [0.5, 0.6) is 0 Å². The van der Waals surface area contributed by atoms with Crippen LogP contribution >= 0.6 is 0 Å². The molecule has 3 N–H and O–H groups in total. The van der Waals surface area contributed by atoms with E-state index < -0.39 is 12.0 Å². The summed E-state index contributed by atoms with van der Waals surface area (Å²) in [5.41, 5.74) is 1.46. The zero-order valence-corrected chi connectivity index (χ0v) is 14.3. The van der Waals surface area contributed by atoms with Gasteiger partial charge >= 0.3 is 5.97 Å². The fourth-order valence-corrected chi connectivity index (χ4v) is 2.44. The SMILES string of the molecule is CC(C)(C)OCCC(NC(=O)Cc1c[nH]c2ccccc12)C(=O)O. The molecule has 0 aliphatic rings. The normalized spacial score (nSPS) is 13.0. The van der Waals surface area contributed by atoms with Crippen LogP contribution in [0.3, 0.4) is 0 Å². The van der Waals surface area contributed by atoms with E-state index in [1.807, 2.05) is 45.0 Å². The Balaban J connectivity index is 1.94. The van der Waals surface area contributed by atoms with Crippen molar-refractivity contribution < 1.29 is 19.4 Å². The largest absolute Gasteiger partial charge is 0.480 e. The average molecular weight is 332 g/mol. The maximum atomic E-state index is 12.2. The number of carboxylic acid groups (broad SMARTS) is 1. The number of fused-ring (bicyclic) bond motifs is 1. The van der Waals surface area contributed by atoms with Crippen molar-refractivity contribution in [3.05, 3.63) is 36.0 Å². The number of aromatic nitrogens is 1. The van der Waals surface area contributed by atoms with E-state index in [0.29, 0.717) is 0 Å². The van der Waals surface area contributed by atoms with Gasteiger partial charge in [-0.3, -0.25) is 4.79 Å². The third-order valence-electron chi connectivity index (χ3n) is 3.60. The smallest absolute Gasteiger partial charge is 0.326 e. The van der Waals surface area contributed by atoms with Crippen LogP contribution in [0.4, 0.5) is 0 Å². The lowest BCUT2D eigenvalue weighted by Gasteiger charge is -2.21. The number of nitrogens with one attached hydrogen (secondary N) is 2. The first-order valence-corrected chi connectivity index (χ1v) is 7.97. The second-order valence-corrected chi connectivity index (χ2v) is 6.74. The molecule has 0 spiro atoms. The molecule has 0 saturated heterocycles. The summed E-state index contributed by atoms with van der Waals surface area (Å²) in [4.78, 5) is 26.6. The highest BCUT2D eigenvalue weighted by molar-refractivity contribution is 5.90. The Labute approximate surface area is 141 Å². The molecule has 6 heteroatoms. The number of carbonyl (C=O) groups excluding carboxylic acids is 1. The van der Waals surface area contributed by atoms with Crippen molar-refractivity contribution in [3.63, 3.8) is 0 Å². The first-order valence-electron chi connectivity index (χ1n) is 7.97. The fourth-order valence-electron chi connectivity index (χ4n) is 2.44. The van der Waals surface area contributed by atoms with E-state index in [-0.39, 0.29) is 31.0 Å². The van der Waals surface area contributed by atoms with Gasteiger partial charge in [0.15, 0.2) is 0 Å². The lowest BCUT2D eigenvalue weighted by atomic mass is 10.1. The van der Waals surface area contributed by atoms with E-state index in [1.165, 1.54) is 0 Å². The molecule has 0 fully saturated rings. The van der Waals surface area contributed by atoms with Gasteiger partial charge in [0.25, 0.3) is 0 Å². The van der Waals surface area contributed by atoms with Gasteiger partial charge in [0.2, 0.25) is 5.91 Å². The summed E-state index contributed by atoms with van der Waals surface area (Å²) in [6.45, 7) is 5.98. The molecule has 1 atom stereocenters. The van der Waals surface area contributed by atoms with Gasteiger partial charge in [0.05, 0.1) is 12.0 Å². The van der Waals surface area contributed by atoms with Gasteiger partial charge in [-0.1, -0.05) is 18.2 Å². The summed E-state index contributed by atoms with van der Waals surface area (Å²) in [6.07, 6.45) is 2.14. The molecule has 1 amide bonds. The van der Waals surface area contributed by atoms with Crippen molar-refractivity contribution in [1.82, 2.24) is 10.3 Å². The predicted molar refractivity (Wildman–Crippen MR) is 91.9 cm³/mol. The number of benzene rings is 1. The Kier molecular flexibility index (Phi) is 5.62. The number of aromatic amines is 1. The molecule has 1 unspecified atom stereocenters. The van der Waals surface area contributed by atoms with Gasteiger partial charge in [-0.05, 0) is 32.4 Å². The topological polar surface area (TPSA) is 91.4 Å². The van der Waals surface area contributed by atoms with E-state index in [4.69, 9.17) is 4.74 Å². The number of hydrogen-bond acceptors (Lipinski definition) is 3. The molecule has 1 aromatic carbocycles. The Morgan fingerprint density at radius 2 is 2.00 bits per heavy atom. The number of ether oxygens (including phenoxy) is 1. The first kappa shape index (κ1) is 18.0. The van der Waals surface area contributed by atoms with Crippen LogP contribution in [0.2, 0.25) is 0 Å². The zero-order chi connectivity index (χ0) is 17.7. The molecule has 0 bridgehead atoms. The quantitative estimate of drug-likeness (QED) is 0.726. The maximum absolute atomic E-state index is 12.2. The number of carbonyl (C=O) groups is 2. The third kappa shape index (κ3) is 5.09. The molecule has 130 valence electrons. The third-order valence-corrected chi connectivity index (χ3v) is 3.60. The average Bonchev–Trinajstić information content (AvgIpc) is 2.88. The number of aliphatic carboxylic acids is 1. The van der Waals surface area contributed by atoms with Gasteiger partial charge in [0, 0.05) is 30.1 Å². The van der Waals surface area contributed by atoms with Crippen LogP contribution in [-0.4, -0.2) is 40.2 Å². The van der Waals surface area contributed by atoms with Crippen LogP contribution in [0, 0.1) is 0 Å². The molecule has 0 radical (unpaired) electrons. The van der Waals surface area contributed by atoms with Crippen LogP contribution in [-0.2, 0) is 20.7 Å². The summed E-state index contributed by atoms with van der Waals surface area (Å²) in [6, 6.07) is 6.73. The summed E-state index contributed by atoms with van der Waals surface area (Å²) in [5.74, 6) is -1.37. The highest BCUT2D eigenvalue weighted by Gasteiger charge is 2.21. The number of para-hydroxylation sites is 1. The van der Waals surface area contributed by atoms with Gasteiger partial charge < -0.3 is 20.1 Å². The highest BCUT2D eigenvalue weighted by atomic mass is 16.5. The van der Waals surface area contributed by atoms with E-state index in [0.717, 1.165) is 16.5 Å². The maximum Gasteiger partial charge on any atom is 0.326 e. The zero-order valence-electron chi connectivity index (χ0n) is 14.3. The molecular weight excluding hydrogens is 308 g/mol. The Bertz CT molecular complexity index is 715. The van der Waals surface area contributed by atoms with Crippen molar-refractivity contribution in [3.8, 4) is 0 Å². The monoisotopic (exact) mass is 332 g/mol. The standard InChI is InChI=1S/C18H24N2O4/c1-18(2,3)24-9-8-15(17(22)23)20-16(21)10-12-11-19-14-7-5-4-6-13(12)14/h4-7,11,15,19H,8-10H2,1-3H3,(H,20,21)(H,22,23). The number of amides is 1. The molecular formula is C18H24N2O4. The number of rotatable bonds is 7. The Morgan fingerprint density at radius 1 is 1.29 bits per heavy atom. The Hall–Kier alpha value is -2.34. The second-order valence-electron chi connectivity index (χ2n) is 6.74. The minimum absolute atomic E-state index is 0.133. The molecule has 0 aliphatic heterocycles. The van der Waals surface area contributed by atoms with Crippen LogP contribution < -0.4 is 5.32 Å². The van der Waals surface area contributed by atoms with Crippen molar-refractivity contribution in [2.24, 2.45) is 0 Å². The van der Waals surface area contributed by atoms with Crippen LogP contribution in [0.15, 0.2) is 30.5 Å². The molecule has 2 aromatic rings. The minimum atomic E-state index is -1.06. The molecule has 6 nitrogen and oxygen atoms in total. The van der Waals surface area contributed by atoms with Crippen molar-refractivity contribution >= 4 is 22.8 Å². The van der Waals surface area contributed by atoms with Gasteiger partial charge in [0.1, 0.15) is 6.04 Å². The highest BCUT2D eigenvalue weighted by Crippen LogP contribution is 2.18. The molecule has 2 rings (SSSR count). The lowest BCUT2D eigenvalue weighted by Crippen LogP contribution is -2.42. The van der Waals surface area contributed by atoms with Gasteiger partial charge in [-0.15, -0.1) is 0 Å². The molecule has 1 heterocycles. The van der Waals surface area contributed by atoms with Gasteiger partial charge in [-0.25, -0.2) is 4.79 Å². The summed E-state index contributed by atoms with van der Waals surface area (Å²) in [5, 5.41) is 12.8. The van der Waals surface area contributed by atoms with Crippen LogP contribution in [0.1, 0.15) is 32.8 Å². The first-order chi connectivity index (χ1) is 11.3. The summed E-state index contributed by atoms with van der Waals surface area (Å²) >= 11 is 0. The van der Waals surface area contributed by atoms with Crippen molar-refractivity contribution in [1.29, 1.82) is 0 Å². The number of carboxylic acids is 1. The second kappa shape index (κ2) is 7.49. The fraction of sp³-hybridized carbons (Fsp3) is 0.444. The van der Waals surface area contributed by atoms with Crippen molar-refractivity contribution in [2.45, 2.75) is 45.3 Å². The predicted octanol–water partition coefficient (Wildman–Crippen LogP) is 2.49. The molecule has 0 saturated carbocycles. The number of hydrogen-bond donors (Lipinski definition) is 3. The van der Waals surface area contributed by atoms with E-state index in [2.05, 4.69) is 10.3 Å². The summed E-state index contributed by atoms with van der Waals surface area (Å²) < 4.78 is 5.54. The van der Waals surface area contributed by atoms with E-state index in [1.54, 1.807) is 6.20 Å². The van der Waals surface area contributed by atoms with E-state index >= 15 is 0 Å². The van der Waals surface area contributed by atoms with E-state index in [9.17, 15) is 14.7 Å².